The first-order valence-corrected chi connectivity index (χ1v) is 19.8. The highest BCUT2D eigenvalue weighted by atomic mass is 19.2. The normalized spacial score (nSPS) is 21.5. The monoisotopic (exact) mass is 706 g/mol. The van der Waals surface area contributed by atoms with E-state index >= 15 is 0 Å². The van der Waals surface area contributed by atoms with Gasteiger partial charge in [-0.2, -0.15) is 17.6 Å². The number of unbranched alkanes of at least 4 members (excludes halogenated alkanes) is 2. The zero-order valence-corrected chi connectivity index (χ0v) is 30.9. The van der Waals surface area contributed by atoms with Crippen molar-refractivity contribution in [3.8, 4) is 23.0 Å². The third kappa shape index (κ3) is 12.8. The Bertz CT molecular complexity index is 1160. The molecule has 50 heavy (non-hydrogen) atoms. The van der Waals surface area contributed by atoms with Crippen LogP contribution < -0.4 is 18.9 Å². The molecule has 2 saturated carbocycles. The smallest absolute Gasteiger partial charge is 0.204 e. The quantitative estimate of drug-likeness (QED) is 0.0902. The van der Waals surface area contributed by atoms with Gasteiger partial charge in [-0.15, -0.1) is 0 Å². The molecule has 2 aromatic carbocycles. The van der Waals surface area contributed by atoms with Gasteiger partial charge in [-0.1, -0.05) is 97.8 Å². The maximum absolute atomic E-state index is 14.5. The second-order valence-corrected chi connectivity index (χ2v) is 15.1. The summed E-state index contributed by atoms with van der Waals surface area (Å²) in [7, 11) is 0. The fourth-order valence-electron chi connectivity index (χ4n) is 7.57. The van der Waals surface area contributed by atoms with Crippen molar-refractivity contribution >= 4 is 0 Å². The molecule has 8 heteroatoms. The largest absolute Gasteiger partial charge is 0.490 e. The van der Waals surface area contributed by atoms with Crippen LogP contribution >= 0.6 is 0 Å². The molecule has 0 heterocycles. The van der Waals surface area contributed by atoms with Crippen molar-refractivity contribution < 1.29 is 36.5 Å². The van der Waals surface area contributed by atoms with Gasteiger partial charge in [0.15, 0.2) is 23.0 Å². The van der Waals surface area contributed by atoms with Crippen molar-refractivity contribution in [3.05, 3.63) is 47.5 Å². The van der Waals surface area contributed by atoms with E-state index in [2.05, 4.69) is 6.92 Å². The molecule has 0 aromatic heterocycles. The van der Waals surface area contributed by atoms with Crippen molar-refractivity contribution in [2.45, 2.75) is 136 Å². The van der Waals surface area contributed by atoms with Crippen LogP contribution in [0.5, 0.6) is 23.0 Å². The van der Waals surface area contributed by atoms with Crippen LogP contribution in [0.15, 0.2) is 24.3 Å². The SMILES string of the molecule is CCCCOc1ccc(OCC2CCC(CCCC(C)CCCC3CCC(COc4ccc(OCCCC)c(F)c4F)CC3)CC2)c(F)c1F. The van der Waals surface area contributed by atoms with Crippen LogP contribution in [0, 0.1) is 52.9 Å². The van der Waals surface area contributed by atoms with Gasteiger partial charge in [0.1, 0.15) is 0 Å². The number of halogens is 4. The highest BCUT2D eigenvalue weighted by Crippen LogP contribution is 2.36. The summed E-state index contributed by atoms with van der Waals surface area (Å²) >= 11 is 0. The lowest BCUT2D eigenvalue weighted by Gasteiger charge is -2.29. The maximum Gasteiger partial charge on any atom is 0.204 e. The Balaban J connectivity index is 1.02. The Morgan fingerprint density at radius 1 is 0.500 bits per heavy atom. The van der Waals surface area contributed by atoms with Gasteiger partial charge in [0.25, 0.3) is 0 Å². The minimum atomic E-state index is -0.965. The van der Waals surface area contributed by atoms with Crippen LogP contribution in [0.2, 0.25) is 0 Å². The lowest BCUT2D eigenvalue weighted by Crippen LogP contribution is -2.20. The number of rotatable bonds is 22. The molecule has 282 valence electrons. The Kier molecular flexibility index (Phi) is 17.4. The molecule has 0 atom stereocenters. The zero-order chi connectivity index (χ0) is 35.7. The summed E-state index contributed by atoms with van der Waals surface area (Å²) in [5.41, 5.74) is 0. The summed E-state index contributed by atoms with van der Waals surface area (Å²) in [6, 6.07) is 5.89. The third-order valence-electron chi connectivity index (χ3n) is 11.0. The van der Waals surface area contributed by atoms with Gasteiger partial charge in [0, 0.05) is 0 Å². The van der Waals surface area contributed by atoms with Gasteiger partial charge in [-0.05, 0) is 92.4 Å². The van der Waals surface area contributed by atoms with Gasteiger partial charge in [0.2, 0.25) is 23.3 Å². The standard InChI is InChI=1S/C42H62F4O4/c1-4-6-26-47-35-22-24-37(41(45)39(35)43)49-28-33-18-14-31(15-19-33)12-8-10-30(3)11-9-13-32-16-20-34(21-17-32)29-50-38-25-23-36(40(44)42(38)46)48-27-7-5-2/h22-25,30-34H,4-21,26-29H2,1-3H3. The molecule has 2 aromatic rings. The Morgan fingerprint density at radius 3 is 1.16 bits per heavy atom. The molecule has 4 nitrogen and oxygen atoms in total. The molecule has 0 saturated heterocycles. The predicted octanol–water partition coefficient (Wildman–Crippen LogP) is 12.6. The summed E-state index contributed by atoms with van der Waals surface area (Å²) in [6.45, 7) is 8.04. The molecule has 0 spiro atoms. The van der Waals surface area contributed by atoms with Gasteiger partial charge in [0.05, 0.1) is 26.4 Å². The van der Waals surface area contributed by atoms with E-state index in [4.69, 9.17) is 18.9 Å². The summed E-state index contributed by atoms with van der Waals surface area (Å²) in [6.07, 6.45) is 20.2. The summed E-state index contributed by atoms with van der Waals surface area (Å²) in [5, 5.41) is 0. The molecule has 0 bridgehead atoms. The fraction of sp³-hybridized carbons (Fsp3) is 0.714. The molecule has 2 fully saturated rings. The van der Waals surface area contributed by atoms with Crippen LogP contribution in [0.1, 0.15) is 136 Å². The lowest BCUT2D eigenvalue weighted by molar-refractivity contribution is 0.169. The highest BCUT2D eigenvalue weighted by molar-refractivity contribution is 5.36. The lowest BCUT2D eigenvalue weighted by atomic mass is 9.79. The predicted molar refractivity (Wildman–Crippen MR) is 192 cm³/mol. The van der Waals surface area contributed by atoms with Crippen molar-refractivity contribution in [2.24, 2.45) is 29.6 Å². The van der Waals surface area contributed by atoms with Crippen LogP contribution in [0.25, 0.3) is 0 Å². The van der Waals surface area contributed by atoms with Crippen molar-refractivity contribution in [1.29, 1.82) is 0 Å². The van der Waals surface area contributed by atoms with E-state index in [0.717, 1.165) is 69.1 Å². The van der Waals surface area contributed by atoms with Crippen molar-refractivity contribution in [1.82, 2.24) is 0 Å². The molecule has 0 N–H and O–H groups in total. The van der Waals surface area contributed by atoms with E-state index in [-0.39, 0.29) is 23.0 Å². The Labute approximate surface area is 299 Å². The van der Waals surface area contributed by atoms with E-state index in [9.17, 15) is 17.6 Å². The molecule has 4 rings (SSSR count). The second kappa shape index (κ2) is 21.7. The number of hydrogen-bond acceptors (Lipinski definition) is 4. The van der Waals surface area contributed by atoms with Crippen LogP contribution in [0.3, 0.4) is 0 Å². The van der Waals surface area contributed by atoms with Gasteiger partial charge in [-0.25, -0.2) is 0 Å². The third-order valence-corrected chi connectivity index (χ3v) is 11.0. The first kappa shape index (κ1) is 40.1. The van der Waals surface area contributed by atoms with E-state index in [1.807, 2.05) is 13.8 Å². The second-order valence-electron chi connectivity index (χ2n) is 15.1. The molecule has 0 aliphatic heterocycles. The average Bonchev–Trinajstić information content (AvgIpc) is 3.12. The topological polar surface area (TPSA) is 36.9 Å². The minimum absolute atomic E-state index is 0.0260. The number of benzene rings is 2. The van der Waals surface area contributed by atoms with E-state index in [1.165, 1.54) is 88.5 Å². The molecular formula is C42H62F4O4. The van der Waals surface area contributed by atoms with Gasteiger partial charge < -0.3 is 18.9 Å². The molecule has 2 aliphatic carbocycles. The highest BCUT2D eigenvalue weighted by Gasteiger charge is 2.25. The Hall–Kier alpha value is -2.64. The zero-order valence-electron chi connectivity index (χ0n) is 30.9. The Morgan fingerprint density at radius 2 is 0.820 bits per heavy atom. The number of ether oxygens (including phenoxy) is 4. The van der Waals surface area contributed by atoms with E-state index < -0.39 is 23.3 Å². The van der Waals surface area contributed by atoms with Crippen LogP contribution in [0.4, 0.5) is 17.6 Å². The van der Waals surface area contributed by atoms with Gasteiger partial charge >= 0.3 is 0 Å². The minimum Gasteiger partial charge on any atom is -0.490 e. The van der Waals surface area contributed by atoms with Crippen LogP contribution in [-0.2, 0) is 0 Å². The summed E-state index contributed by atoms with van der Waals surface area (Å²) < 4.78 is 79.9. The molecule has 2 aliphatic rings. The van der Waals surface area contributed by atoms with E-state index in [1.54, 1.807) is 0 Å². The molecule has 0 unspecified atom stereocenters. The first-order valence-electron chi connectivity index (χ1n) is 19.8. The molecular weight excluding hydrogens is 644 g/mol. The molecule has 0 amide bonds. The van der Waals surface area contributed by atoms with Crippen molar-refractivity contribution in [2.75, 3.05) is 26.4 Å². The van der Waals surface area contributed by atoms with Crippen LogP contribution in [-0.4, -0.2) is 26.4 Å². The summed E-state index contributed by atoms with van der Waals surface area (Å²) in [5.74, 6) is -0.978. The fourth-order valence-corrected chi connectivity index (χ4v) is 7.57. The van der Waals surface area contributed by atoms with E-state index in [0.29, 0.717) is 38.3 Å². The van der Waals surface area contributed by atoms with Gasteiger partial charge in [-0.3, -0.25) is 0 Å². The molecule has 0 radical (unpaired) electrons. The number of hydrogen-bond donors (Lipinski definition) is 0. The maximum atomic E-state index is 14.5. The first-order chi connectivity index (χ1) is 24.3. The van der Waals surface area contributed by atoms with Crippen molar-refractivity contribution in [3.63, 3.8) is 0 Å². The summed E-state index contributed by atoms with van der Waals surface area (Å²) in [4.78, 5) is 0. The average molecular weight is 707 g/mol.